The molecule has 0 fully saturated rings. The van der Waals surface area contributed by atoms with E-state index in [2.05, 4.69) is 4.98 Å². The fourth-order valence-electron chi connectivity index (χ4n) is 2.66. The molecular formula is C18H18N2O4. The van der Waals surface area contributed by atoms with Gasteiger partial charge in [0.25, 0.3) is 0 Å². The molecule has 24 heavy (non-hydrogen) atoms. The van der Waals surface area contributed by atoms with E-state index in [-0.39, 0.29) is 5.56 Å². The molecule has 0 aliphatic rings. The fraction of sp³-hybridized carbons (Fsp3) is 0.222. The van der Waals surface area contributed by atoms with Crippen molar-refractivity contribution < 1.29 is 19.4 Å². The van der Waals surface area contributed by atoms with Gasteiger partial charge in [-0.05, 0) is 42.3 Å². The number of carboxylic acids is 1. The maximum absolute atomic E-state index is 11.0. The van der Waals surface area contributed by atoms with Crippen LogP contribution >= 0.6 is 0 Å². The van der Waals surface area contributed by atoms with Crippen molar-refractivity contribution in [2.75, 3.05) is 14.2 Å². The number of hydrogen-bond acceptors (Lipinski definition) is 4. The highest BCUT2D eigenvalue weighted by Crippen LogP contribution is 2.28. The maximum Gasteiger partial charge on any atom is 0.335 e. The van der Waals surface area contributed by atoms with Crippen LogP contribution in [0, 0.1) is 0 Å². The average molecular weight is 326 g/mol. The van der Waals surface area contributed by atoms with E-state index in [1.807, 2.05) is 22.8 Å². The number of carbonyl (C=O) groups is 1. The summed E-state index contributed by atoms with van der Waals surface area (Å²) in [5.74, 6) is 0.462. The van der Waals surface area contributed by atoms with E-state index >= 15 is 0 Å². The number of ether oxygens (including phenoxy) is 2. The smallest absolute Gasteiger partial charge is 0.335 e. The number of aromatic carboxylic acids is 1. The lowest BCUT2D eigenvalue weighted by atomic mass is 10.1. The van der Waals surface area contributed by atoms with Crippen molar-refractivity contribution in [3.8, 4) is 11.5 Å². The van der Waals surface area contributed by atoms with E-state index in [1.165, 1.54) is 0 Å². The van der Waals surface area contributed by atoms with Crippen LogP contribution in [0.4, 0.5) is 0 Å². The van der Waals surface area contributed by atoms with Gasteiger partial charge in [-0.15, -0.1) is 0 Å². The van der Waals surface area contributed by atoms with Crippen LogP contribution in [0.25, 0.3) is 11.0 Å². The quantitative estimate of drug-likeness (QED) is 0.754. The summed E-state index contributed by atoms with van der Waals surface area (Å²) < 4.78 is 12.6. The lowest BCUT2D eigenvalue weighted by Gasteiger charge is -2.10. The van der Waals surface area contributed by atoms with Gasteiger partial charge in [0.05, 0.1) is 37.1 Å². The molecule has 0 saturated heterocycles. The Labute approximate surface area is 139 Å². The molecule has 124 valence electrons. The monoisotopic (exact) mass is 326 g/mol. The van der Waals surface area contributed by atoms with Gasteiger partial charge in [0, 0.05) is 6.54 Å². The Balaban J connectivity index is 1.79. The number of aryl methyl sites for hydroxylation is 2. The molecule has 3 rings (SSSR count). The van der Waals surface area contributed by atoms with Crippen molar-refractivity contribution in [1.82, 2.24) is 9.55 Å². The van der Waals surface area contributed by atoms with Gasteiger partial charge < -0.3 is 19.1 Å². The van der Waals surface area contributed by atoms with Crippen LogP contribution in [0.5, 0.6) is 11.5 Å². The van der Waals surface area contributed by atoms with E-state index in [0.29, 0.717) is 17.0 Å². The average Bonchev–Trinajstić information content (AvgIpc) is 3.01. The van der Waals surface area contributed by atoms with Crippen molar-refractivity contribution in [3.63, 3.8) is 0 Å². The molecule has 0 amide bonds. The third kappa shape index (κ3) is 3.03. The highest BCUT2D eigenvalue weighted by molar-refractivity contribution is 5.92. The van der Waals surface area contributed by atoms with Gasteiger partial charge in [-0.2, -0.15) is 0 Å². The number of carboxylic acid groups (broad SMARTS) is 1. The lowest BCUT2D eigenvalue weighted by Crippen LogP contribution is -2.01. The van der Waals surface area contributed by atoms with Gasteiger partial charge in [-0.25, -0.2) is 9.78 Å². The Bertz CT molecular complexity index is 886. The summed E-state index contributed by atoms with van der Waals surface area (Å²) in [5.41, 5.74) is 2.96. The van der Waals surface area contributed by atoms with Crippen LogP contribution in [-0.2, 0) is 13.0 Å². The number of methoxy groups -OCH3 is 2. The SMILES string of the molecule is COc1ccc(CCn2cnc3cc(C(=O)O)ccc32)cc1OC. The summed E-state index contributed by atoms with van der Waals surface area (Å²) in [6, 6.07) is 10.8. The van der Waals surface area contributed by atoms with Gasteiger partial charge in [-0.1, -0.05) is 6.07 Å². The maximum atomic E-state index is 11.0. The minimum Gasteiger partial charge on any atom is -0.493 e. The van der Waals surface area contributed by atoms with Gasteiger partial charge >= 0.3 is 5.97 Å². The van der Waals surface area contributed by atoms with Crippen LogP contribution in [0.2, 0.25) is 0 Å². The normalized spacial score (nSPS) is 10.8. The Morgan fingerprint density at radius 2 is 1.92 bits per heavy atom. The molecule has 3 aromatic rings. The largest absolute Gasteiger partial charge is 0.493 e. The third-order valence-corrected chi connectivity index (χ3v) is 3.96. The standard InChI is InChI=1S/C18H18N2O4/c1-23-16-6-3-12(9-17(16)24-2)7-8-20-11-19-14-10-13(18(21)22)4-5-15(14)20/h3-6,9-11H,7-8H2,1-2H3,(H,21,22). The highest BCUT2D eigenvalue weighted by atomic mass is 16.5. The molecule has 0 bridgehead atoms. The van der Waals surface area contributed by atoms with E-state index in [1.54, 1.807) is 38.7 Å². The van der Waals surface area contributed by atoms with Crippen LogP contribution in [0.15, 0.2) is 42.7 Å². The molecular weight excluding hydrogens is 308 g/mol. The summed E-state index contributed by atoms with van der Waals surface area (Å²) in [4.78, 5) is 15.3. The number of fused-ring (bicyclic) bond motifs is 1. The molecule has 1 N–H and O–H groups in total. The second-order valence-electron chi connectivity index (χ2n) is 5.39. The summed E-state index contributed by atoms with van der Waals surface area (Å²) in [6.45, 7) is 0.735. The molecule has 1 heterocycles. The first-order chi connectivity index (χ1) is 11.6. The first kappa shape index (κ1) is 15.9. The molecule has 0 radical (unpaired) electrons. The second-order valence-corrected chi connectivity index (χ2v) is 5.39. The number of rotatable bonds is 6. The van der Waals surface area contributed by atoms with E-state index in [9.17, 15) is 4.79 Å². The minimum atomic E-state index is -0.947. The lowest BCUT2D eigenvalue weighted by molar-refractivity contribution is 0.0697. The van der Waals surface area contributed by atoms with E-state index in [0.717, 1.165) is 24.0 Å². The van der Waals surface area contributed by atoms with Crippen molar-refractivity contribution >= 4 is 17.0 Å². The van der Waals surface area contributed by atoms with E-state index in [4.69, 9.17) is 14.6 Å². The first-order valence-electron chi connectivity index (χ1n) is 7.51. The number of aromatic nitrogens is 2. The summed E-state index contributed by atoms with van der Waals surface area (Å²) in [6.07, 6.45) is 2.53. The summed E-state index contributed by atoms with van der Waals surface area (Å²) in [7, 11) is 3.23. The predicted octanol–water partition coefficient (Wildman–Crippen LogP) is 2.99. The van der Waals surface area contributed by atoms with Crippen molar-refractivity contribution in [2.45, 2.75) is 13.0 Å². The third-order valence-electron chi connectivity index (χ3n) is 3.96. The molecule has 0 spiro atoms. The summed E-state index contributed by atoms with van der Waals surface area (Å²) >= 11 is 0. The fourth-order valence-corrected chi connectivity index (χ4v) is 2.66. The molecule has 2 aromatic carbocycles. The Kier molecular flexibility index (Phi) is 4.37. The predicted molar refractivity (Wildman–Crippen MR) is 89.9 cm³/mol. The zero-order chi connectivity index (χ0) is 17.1. The molecule has 1 aromatic heterocycles. The zero-order valence-corrected chi connectivity index (χ0v) is 13.5. The van der Waals surface area contributed by atoms with Crippen LogP contribution in [0.1, 0.15) is 15.9 Å². The Morgan fingerprint density at radius 3 is 2.62 bits per heavy atom. The van der Waals surface area contributed by atoms with Crippen LogP contribution in [0.3, 0.4) is 0 Å². The van der Waals surface area contributed by atoms with Gasteiger partial charge in [0.15, 0.2) is 11.5 Å². The molecule has 0 aliphatic heterocycles. The Morgan fingerprint density at radius 1 is 1.12 bits per heavy atom. The second kappa shape index (κ2) is 6.62. The molecule has 6 heteroatoms. The summed E-state index contributed by atoms with van der Waals surface area (Å²) in [5, 5.41) is 9.04. The van der Waals surface area contributed by atoms with Crippen molar-refractivity contribution in [3.05, 3.63) is 53.9 Å². The zero-order valence-electron chi connectivity index (χ0n) is 13.5. The van der Waals surface area contributed by atoms with Crippen LogP contribution < -0.4 is 9.47 Å². The molecule has 0 unspecified atom stereocenters. The van der Waals surface area contributed by atoms with Crippen LogP contribution in [-0.4, -0.2) is 34.8 Å². The highest BCUT2D eigenvalue weighted by Gasteiger charge is 2.09. The topological polar surface area (TPSA) is 73.6 Å². The van der Waals surface area contributed by atoms with Crippen molar-refractivity contribution in [2.24, 2.45) is 0 Å². The van der Waals surface area contributed by atoms with Gasteiger partial charge in [-0.3, -0.25) is 0 Å². The van der Waals surface area contributed by atoms with Gasteiger partial charge in [0.2, 0.25) is 0 Å². The number of imidazole rings is 1. The number of hydrogen-bond donors (Lipinski definition) is 1. The molecule has 0 aliphatic carbocycles. The first-order valence-corrected chi connectivity index (χ1v) is 7.51. The number of benzene rings is 2. The molecule has 0 saturated carbocycles. The van der Waals surface area contributed by atoms with Gasteiger partial charge in [0.1, 0.15) is 0 Å². The molecule has 0 atom stereocenters. The van der Waals surface area contributed by atoms with Crippen molar-refractivity contribution in [1.29, 1.82) is 0 Å². The molecule has 6 nitrogen and oxygen atoms in total. The number of nitrogens with zero attached hydrogens (tertiary/aromatic N) is 2. The Hall–Kier alpha value is -3.02. The minimum absolute atomic E-state index is 0.243. The van der Waals surface area contributed by atoms with E-state index < -0.39 is 5.97 Å².